The third-order valence-corrected chi connectivity index (χ3v) is 1.82. The number of amides is 1. The van der Waals surface area contributed by atoms with E-state index >= 15 is 0 Å². The van der Waals surface area contributed by atoms with Gasteiger partial charge in [0.2, 0.25) is 0 Å². The Morgan fingerprint density at radius 2 is 1.93 bits per heavy atom. The molecule has 0 aliphatic carbocycles. The Kier molecular flexibility index (Phi) is 2.98. The number of rotatable bonds is 2. The van der Waals surface area contributed by atoms with Crippen LogP contribution < -0.4 is 5.32 Å². The first-order valence-corrected chi connectivity index (χ1v) is 4.81. The van der Waals surface area contributed by atoms with E-state index in [1.54, 1.807) is 12.3 Å². The zero-order chi connectivity index (χ0) is 11.6. The van der Waals surface area contributed by atoms with E-state index in [-0.39, 0.29) is 17.2 Å². The Hall–Kier alpha value is -1.58. The molecule has 15 heavy (non-hydrogen) atoms. The van der Waals surface area contributed by atoms with Crippen LogP contribution in [0.2, 0.25) is 0 Å². The van der Waals surface area contributed by atoms with Gasteiger partial charge in [-0.2, -0.15) is 0 Å². The molecule has 0 saturated heterocycles. The van der Waals surface area contributed by atoms with Crippen LogP contribution in [0.4, 0.5) is 0 Å². The van der Waals surface area contributed by atoms with E-state index in [2.05, 4.69) is 10.3 Å². The van der Waals surface area contributed by atoms with Gasteiger partial charge in [0.15, 0.2) is 5.78 Å². The van der Waals surface area contributed by atoms with Crippen molar-refractivity contribution in [1.82, 2.24) is 10.3 Å². The maximum Gasteiger partial charge on any atom is 0.268 e. The largest absolute Gasteiger partial charge is 0.356 e. The second kappa shape index (κ2) is 3.88. The minimum absolute atomic E-state index is 0.0546. The van der Waals surface area contributed by atoms with Crippen LogP contribution in [0.1, 0.15) is 48.5 Å². The molecule has 0 saturated carbocycles. The highest BCUT2D eigenvalue weighted by atomic mass is 16.2. The highest BCUT2D eigenvalue weighted by Crippen LogP contribution is 2.06. The van der Waals surface area contributed by atoms with Crippen LogP contribution in [0.25, 0.3) is 0 Å². The standard InChI is InChI=1S/C11H16N2O2/c1-7(14)8-5-9(12-6-8)10(15)13-11(2,3)4/h5-6,12H,1-4H3,(H,13,15). The number of nitrogens with one attached hydrogen (secondary N) is 2. The lowest BCUT2D eigenvalue weighted by atomic mass is 10.1. The van der Waals surface area contributed by atoms with E-state index < -0.39 is 0 Å². The molecule has 1 heterocycles. The van der Waals surface area contributed by atoms with Crippen molar-refractivity contribution < 1.29 is 9.59 Å². The minimum Gasteiger partial charge on any atom is -0.356 e. The fraction of sp³-hybridized carbons (Fsp3) is 0.455. The van der Waals surface area contributed by atoms with Gasteiger partial charge in [0.05, 0.1) is 0 Å². The molecule has 1 aromatic rings. The van der Waals surface area contributed by atoms with Crippen molar-refractivity contribution in [2.75, 3.05) is 0 Å². The lowest BCUT2D eigenvalue weighted by Gasteiger charge is -2.19. The highest BCUT2D eigenvalue weighted by molar-refractivity contribution is 5.99. The van der Waals surface area contributed by atoms with Gasteiger partial charge in [0.25, 0.3) is 5.91 Å². The average Bonchev–Trinajstić information content (AvgIpc) is 2.47. The summed E-state index contributed by atoms with van der Waals surface area (Å²) in [5, 5.41) is 2.81. The average molecular weight is 208 g/mol. The molecule has 1 amide bonds. The van der Waals surface area contributed by atoms with Crippen LogP contribution in [0, 0.1) is 0 Å². The SMILES string of the molecule is CC(=O)c1c[nH]c(C(=O)NC(C)(C)C)c1. The first-order valence-electron chi connectivity index (χ1n) is 4.81. The number of carbonyl (C=O) groups excluding carboxylic acids is 2. The highest BCUT2D eigenvalue weighted by Gasteiger charge is 2.16. The summed E-state index contributed by atoms with van der Waals surface area (Å²) in [6.07, 6.45) is 1.54. The van der Waals surface area contributed by atoms with Crippen LogP contribution in [0.3, 0.4) is 0 Å². The number of carbonyl (C=O) groups is 2. The van der Waals surface area contributed by atoms with Gasteiger partial charge in [0, 0.05) is 17.3 Å². The third-order valence-electron chi connectivity index (χ3n) is 1.82. The van der Waals surface area contributed by atoms with E-state index in [0.29, 0.717) is 11.3 Å². The molecule has 82 valence electrons. The monoisotopic (exact) mass is 208 g/mol. The Morgan fingerprint density at radius 3 is 2.33 bits per heavy atom. The van der Waals surface area contributed by atoms with Crippen molar-refractivity contribution in [3.63, 3.8) is 0 Å². The number of hydrogen-bond donors (Lipinski definition) is 2. The van der Waals surface area contributed by atoms with Crippen molar-refractivity contribution in [2.45, 2.75) is 33.2 Å². The minimum atomic E-state index is -0.279. The molecule has 4 heteroatoms. The third kappa shape index (κ3) is 3.23. The number of aromatic nitrogens is 1. The van der Waals surface area contributed by atoms with Crippen molar-refractivity contribution in [1.29, 1.82) is 0 Å². The number of hydrogen-bond acceptors (Lipinski definition) is 2. The smallest absolute Gasteiger partial charge is 0.268 e. The van der Waals surface area contributed by atoms with E-state index in [1.807, 2.05) is 20.8 Å². The second-order valence-corrected chi connectivity index (χ2v) is 4.56. The summed E-state index contributed by atoms with van der Waals surface area (Å²) in [4.78, 5) is 25.4. The summed E-state index contributed by atoms with van der Waals surface area (Å²) in [7, 11) is 0. The van der Waals surface area contributed by atoms with E-state index in [0.717, 1.165) is 0 Å². The normalized spacial score (nSPS) is 11.2. The lowest BCUT2D eigenvalue weighted by Crippen LogP contribution is -2.40. The fourth-order valence-corrected chi connectivity index (χ4v) is 1.14. The van der Waals surface area contributed by atoms with Crippen LogP contribution in [0.15, 0.2) is 12.3 Å². The van der Waals surface area contributed by atoms with Gasteiger partial charge in [-0.3, -0.25) is 9.59 Å². The van der Waals surface area contributed by atoms with Gasteiger partial charge in [-0.25, -0.2) is 0 Å². The molecular weight excluding hydrogens is 192 g/mol. The van der Waals surface area contributed by atoms with E-state index in [9.17, 15) is 9.59 Å². The van der Waals surface area contributed by atoms with Gasteiger partial charge in [0.1, 0.15) is 5.69 Å². The molecule has 0 unspecified atom stereocenters. The molecule has 1 rings (SSSR count). The number of H-pyrrole nitrogens is 1. The fourth-order valence-electron chi connectivity index (χ4n) is 1.14. The molecule has 2 N–H and O–H groups in total. The summed E-state index contributed by atoms with van der Waals surface area (Å²) in [5.74, 6) is -0.254. The summed E-state index contributed by atoms with van der Waals surface area (Å²) >= 11 is 0. The van der Waals surface area contributed by atoms with Crippen LogP contribution in [-0.4, -0.2) is 22.2 Å². The molecule has 0 bridgehead atoms. The molecule has 0 atom stereocenters. The Balaban J connectivity index is 2.79. The number of Topliss-reactive ketones (excluding diaryl/α,β-unsaturated/α-hetero) is 1. The van der Waals surface area contributed by atoms with Crippen LogP contribution >= 0.6 is 0 Å². The summed E-state index contributed by atoms with van der Waals surface area (Å²) in [6, 6.07) is 1.56. The maximum absolute atomic E-state index is 11.6. The first kappa shape index (κ1) is 11.5. The lowest BCUT2D eigenvalue weighted by molar-refractivity contribution is 0.0915. The van der Waals surface area contributed by atoms with E-state index in [4.69, 9.17) is 0 Å². The quantitative estimate of drug-likeness (QED) is 0.727. The predicted molar refractivity (Wildman–Crippen MR) is 58.0 cm³/mol. The Morgan fingerprint density at radius 1 is 1.33 bits per heavy atom. The van der Waals surface area contributed by atoms with Gasteiger partial charge in [-0.15, -0.1) is 0 Å². The molecule has 0 spiro atoms. The maximum atomic E-state index is 11.6. The molecule has 0 aliphatic heterocycles. The van der Waals surface area contributed by atoms with Gasteiger partial charge < -0.3 is 10.3 Å². The van der Waals surface area contributed by atoms with E-state index in [1.165, 1.54) is 6.92 Å². The zero-order valence-electron chi connectivity index (χ0n) is 9.47. The van der Waals surface area contributed by atoms with Crippen molar-refractivity contribution in [2.24, 2.45) is 0 Å². The molecule has 0 radical (unpaired) electrons. The first-order chi connectivity index (χ1) is 6.79. The van der Waals surface area contributed by atoms with Crippen molar-refractivity contribution in [3.05, 3.63) is 23.5 Å². The Labute approximate surface area is 89.1 Å². The van der Waals surface area contributed by atoms with Crippen LogP contribution in [-0.2, 0) is 0 Å². The molecule has 4 nitrogen and oxygen atoms in total. The van der Waals surface area contributed by atoms with Gasteiger partial charge >= 0.3 is 0 Å². The Bertz CT molecular complexity index is 386. The van der Waals surface area contributed by atoms with Crippen molar-refractivity contribution >= 4 is 11.7 Å². The predicted octanol–water partition coefficient (Wildman–Crippen LogP) is 1.75. The molecule has 1 aromatic heterocycles. The number of ketones is 1. The summed E-state index contributed by atoms with van der Waals surface area (Å²) < 4.78 is 0. The van der Waals surface area contributed by atoms with Crippen molar-refractivity contribution in [3.8, 4) is 0 Å². The summed E-state index contributed by atoms with van der Waals surface area (Å²) in [5.41, 5.74) is 0.655. The number of aromatic amines is 1. The topological polar surface area (TPSA) is 62.0 Å². The zero-order valence-corrected chi connectivity index (χ0v) is 9.47. The molecule has 0 aromatic carbocycles. The molecule has 0 fully saturated rings. The summed E-state index contributed by atoms with van der Waals surface area (Å²) in [6.45, 7) is 7.17. The van der Waals surface area contributed by atoms with Gasteiger partial charge in [-0.1, -0.05) is 0 Å². The second-order valence-electron chi connectivity index (χ2n) is 4.56. The molecular formula is C11H16N2O2. The van der Waals surface area contributed by atoms with Crippen LogP contribution in [0.5, 0.6) is 0 Å². The molecule has 0 aliphatic rings. The van der Waals surface area contributed by atoms with Gasteiger partial charge in [-0.05, 0) is 33.8 Å².